The summed E-state index contributed by atoms with van der Waals surface area (Å²) in [5.74, 6) is 4.25. The number of aromatic nitrogens is 1. The molecule has 1 aromatic heterocycles. The molecule has 0 aliphatic rings. The molecule has 0 radical (unpaired) electrons. The summed E-state index contributed by atoms with van der Waals surface area (Å²) in [6.07, 6.45) is 6.95. The van der Waals surface area contributed by atoms with Crippen molar-refractivity contribution in [1.29, 1.82) is 0 Å². The van der Waals surface area contributed by atoms with E-state index in [1.165, 1.54) is 0 Å². The van der Waals surface area contributed by atoms with Gasteiger partial charge in [0.1, 0.15) is 5.76 Å². The minimum Gasteiger partial charge on any atom is -0.444 e. The van der Waals surface area contributed by atoms with Crippen LogP contribution in [0.2, 0.25) is 0 Å². The average Bonchev–Trinajstić information content (AvgIpc) is 2.46. The predicted molar refractivity (Wildman–Crippen MR) is 55.8 cm³/mol. The summed E-state index contributed by atoms with van der Waals surface area (Å²) in [5.41, 5.74) is 0.963. The third-order valence-corrected chi connectivity index (χ3v) is 2.02. The molecule has 0 aliphatic heterocycles. The molecular formula is C11H16N2O. The van der Waals surface area contributed by atoms with E-state index in [0.717, 1.165) is 36.7 Å². The maximum Gasteiger partial charge on any atom is 0.208 e. The largest absolute Gasteiger partial charge is 0.444 e. The van der Waals surface area contributed by atoms with Gasteiger partial charge in [0.05, 0.1) is 12.2 Å². The Morgan fingerprint density at radius 2 is 2.29 bits per heavy atom. The zero-order valence-electron chi connectivity index (χ0n) is 8.76. The fourth-order valence-electron chi connectivity index (χ4n) is 1.13. The van der Waals surface area contributed by atoms with Gasteiger partial charge in [0.2, 0.25) is 5.89 Å². The van der Waals surface area contributed by atoms with Gasteiger partial charge in [-0.3, -0.25) is 0 Å². The first-order valence-corrected chi connectivity index (χ1v) is 4.81. The second-order valence-electron chi connectivity index (χ2n) is 3.23. The Bertz CT molecular complexity index is 303. The van der Waals surface area contributed by atoms with Crippen molar-refractivity contribution >= 4 is 0 Å². The first-order chi connectivity index (χ1) is 6.74. The summed E-state index contributed by atoms with van der Waals surface area (Å²) in [6.45, 7) is 5.45. The molecule has 0 amide bonds. The minimum absolute atomic E-state index is 0.680. The Hall–Kier alpha value is -1.27. The van der Waals surface area contributed by atoms with Gasteiger partial charge in [0, 0.05) is 6.42 Å². The number of hydrogen-bond donors (Lipinski definition) is 1. The van der Waals surface area contributed by atoms with E-state index < -0.39 is 0 Å². The normalized spacial score (nSPS) is 10.1. The van der Waals surface area contributed by atoms with Crippen LogP contribution >= 0.6 is 0 Å². The van der Waals surface area contributed by atoms with Crippen LogP contribution in [0.25, 0.3) is 0 Å². The highest BCUT2D eigenvalue weighted by Gasteiger charge is 2.03. The highest BCUT2D eigenvalue weighted by atomic mass is 16.4. The smallest absolute Gasteiger partial charge is 0.208 e. The van der Waals surface area contributed by atoms with E-state index in [1.807, 2.05) is 13.8 Å². The minimum atomic E-state index is 0.680. The van der Waals surface area contributed by atoms with Crippen LogP contribution in [-0.2, 0) is 6.54 Å². The van der Waals surface area contributed by atoms with Gasteiger partial charge in [0.25, 0.3) is 0 Å². The molecule has 3 nitrogen and oxygen atoms in total. The lowest BCUT2D eigenvalue weighted by Crippen LogP contribution is -2.14. The van der Waals surface area contributed by atoms with E-state index in [0.29, 0.717) is 6.54 Å². The van der Waals surface area contributed by atoms with Crippen molar-refractivity contribution < 1.29 is 4.42 Å². The lowest BCUT2D eigenvalue weighted by molar-refractivity contribution is 0.448. The number of terminal acetylenes is 1. The van der Waals surface area contributed by atoms with Crippen LogP contribution in [0.1, 0.15) is 30.2 Å². The monoisotopic (exact) mass is 192 g/mol. The van der Waals surface area contributed by atoms with Gasteiger partial charge in [-0.1, -0.05) is 0 Å². The van der Waals surface area contributed by atoms with Crippen molar-refractivity contribution in [3.8, 4) is 12.3 Å². The van der Waals surface area contributed by atoms with Crippen LogP contribution in [0.4, 0.5) is 0 Å². The van der Waals surface area contributed by atoms with Crippen molar-refractivity contribution in [2.24, 2.45) is 0 Å². The Balaban J connectivity index is 2.22. The van der Waals surface area contributed by atoms with E-state index >= 15 is 0 Å². The molecule has 0 aromatic carbocycles. The molecule has 0 fully saturated rings. The summed E-state index contributed by atoms with van der Waals surface area (Å²) in [6, 6.07) is 0. The van der Waals surface area contributed by atoms with Crippen molar-refractivity contribution in [2.75, 3.05) is 6.54 Å². The number of aryl methyl sites for hydroxylation is 2. The van der Waals surface area contributed by atoms with Gasteiger partial charge >= 0.3 is 0 Å². The predicted octanol–water partition coefficient (Wildman–Crippen LogP) is 1.79. The number of rotatable bonds is 5. The van der Waals surface area contributed by atoms with E-state index in [1.54, 1.807) is 0 Å². The summed E-state index contributed by atoms with van der Waals surface area (Å²) in [5, 5.41) is 3.23. The zero-order chi connectivity index (χ0) is 10.4. The summed E-state index contributed by atoms with van der Waals surface area (Å²) in [4.78, 5) is 4.26. The average molecular weight is 192 g/mol. The van der Waals surface area contributed by atoms with Crippen molar-refractivity contribution in [3.63, 3.8) is 0 Å². The molecule has 1 aromatic rings. The van der Waals surface area contributed by atoms with Gasteiger partial charge in [-0.15, -0.1) is 12.3 Å². The van der Waals surface area contributed by atoms with Crippen molar-refractivity contribution in [2.45, 2.75) is 33.2 Å². The molecule has 0 spiro atoms. The van der Waals surface area contributed by atoms with E-state index in [2.05, 4.69) is 16.2 Å². The molecule has 0 aliphatic carbocycles. The molecule has 14 heavy (non-hydrogen) atoms. The highest BCUT2D eigenvalue weighted by Crippen LogP contribution is 2.07. The Kier molecular flexibility index (Phi) is 4.21. The Morgan fingerprint density at radius 3 is 2.86 bits per heavy atom. The number of oxazole rings is 1. The third kappa shape index (κ3) is 3.23. The van der Waals surface area contributed by atoms with Gasteiger partial charge in [0.15, 0.2) is 0 Å². The van der Waals surface area contributed by atoms with Crippen LogP contribution in [0, 0.1) is 26.2 Å². The molecule has 3 heteroatoms. The van der Waals surface area contributed by atoms with Gasteiger partial charge < -0.3 is 9.73 Å². The molecule has 1 N–H and O–H groups in total. The molecule has 76 valence electrons. The quantitative estimate of drug-likeness (QED) is 0.571. The molecule has 0 bridgehead atoms. The lowest BCUT2D eigenvalue weighted by Gasteiger charge is -1.98. The SMILES string of the molecule is C#CCCCNCc1nc(C)c(C)o1. The number of nitrogens with zero attached hydrogens (tertiary/aromatic N) is 1. The second kappa shape index (κ2) is 5.46. The maximum absolute atomic E-state index is 5.41. The summed E-state index contributed by atoms with van der Waals surface area (Å²) >= 11 is 0. The Morgan fingerprint density at radius 1 is 1.50 bits per heavy atom. The molecule has 1 heterocycles. The molecule has 1 rings (SSSR count). The summed E-state index contributed by atoms with van der Waals surface area (Å²) in [7, 11) is 0. The molecular weight excluding hydrogens is 176 g/mol. The van der Waals surface area contributed by atoms with Crippen molar-refractivity contribution in [3.05, 3.63) is 17.3 Å². The van der Waals surface area contributed by atoms with Crippen LogP contribution in [0.3, 0.4) is 0 Å². The van der Waals surface area contributed by atoms with E-state index in [4.69, 9.17) is 10.8 Å². The topological polar surface area (TPSA) is 38.1 Å². The standard InChI is InChI=1S/C11H16N2O/c1-4-5-6-7-12-8-11-13-9(2)10(3)14-11/h1,12H,5-8H2,2-3H3. The molecule has 0 unspecified atom stereocenters. The highest BCUT2D eigenvalue weighted by molar-refractivity contribution is 5.05. The first kappa shape index (κ1) is 10.8. The van der Waals surface area contributed by atoms with Crippen LogP contribution in [0.15, 0.2) is 4.42 Å². The Labute approximate surface area is 84.9 Å². The van der Waals surface area contributed by atoms with Crippen LogP contribution in [0.5, 0.6) is 0 Å². The number of nitrogens with one attached hydrogen (secondary N) is 1. The number of hydrogen-bond acceptors (Lipinski definition) is 3. The van der Waals surface area contributed by atoms with E-state index in [-0.39, 0.29) is 0 Å². The molecule has 0 saturated heterocycles. The fraction of sp³-hybridized carbons (Fsp3) is 0.545. The number of unbranched alkanes of at least 4 members (excludes halogenated alkanes) is 1. The lowest BCUT2D eigenvalue weighted by atomic mass is 10.3. The van der Waals surface area contributed by atoms with E-state index in [9.17, 15) is 0 Å². The first-order valence-electron chi connectivity index (χ1n) is 4.81. The second-order valence-corrected chi connectivity index (χ2v) is 3.23. The van der Waals surface area contributed by atoms with Crippen molar-refractivity contribution in [1.82, 2.24) is 10.3 Å². The summed E-state index contributed by atoms with van der Waals surface area (Å²) < 4.78 is 5.41. The maximum atomic E-state index is 5.41. The molecule has 0 atom stereocenters. The van der Waals surface area contributed by atoms with Gasteiger partial charge in [-0.25, -0.2) is 4.98 Å². The third-order valence-electron chi connectivity index (χ3n) is 2.02. The zero-order valence-corrected chi connectivity index (χ0v) is 8.76. The fourth-order valence-corrected chi connectivity index (χ4v) is 1.13. The van der Waals surface area contributed by atoms with Gasteiger partial charge in [-0.2, -0.15) is 0 Å². The van der Waals surface area contributed by atoms with Crippen LogP contribution in [-0.4, -0.2) is 11.5 Å². The van der Waals surface area contributed by atoms with Crippen LogP contribution < -0.4 is 5.32 Å². The van der Waals surface area contributed by atoms with Gasteiger partial charge in [-0.05, 0) is 26.8 Å². The molecule has 0 saturated carbocycles.